The number of nitrogens with zero attached hydrogens (tertiary/aromatic N) is 1. The Morgan fingerprint density at radius 1 is 1.04 bits per heavy atom. The second-order valence-electron chi connectivity index (χ2n) is 7.81. The number of carbonyl (C=O) groups excluding carboxylic acids is 1. The molecule has 3 unspecified atom stereocenters. The number of fused-ring (bicyclic) bond motifs is 1. The number of piperidine rings is 1. The monoisotopic (exact) mass is 380 g/mol. The zero-order chi connectivity index (χ0) is 19.5. The smallest absolute Gasteiger partial charge is 0.269 e. The number of hydrogen-bond acceptors (Lipinski definition) is 4. The van der Waals surface area contributed by atoms with Gasteiger partial charge in [-0.2, -0.15) is 0 Å². The third kappa shape index (κ3) is 4.14. The average Bonchev–Trinajstić information content (AvgIpc) is 2.70. The predicted molar refractivity (Wildman–Crippen MR) is 110 cm³/mol. The van der Waals surface area contributed by atoms with Crippen molar-refractivity contribution in [3.8, 4) is 11.5 Å². The molecular formula is C23H28N2O3. The topological polar surface area (TPSA) is 50.8 Å². The van der Waals surface area contributed by atoms with Crippen molar-refractivity contribution < 1.29 is 14.3 Å². The first kappa shape index (κ1) is 18.8. The zero-order valence-electron chi connectivity index (χ0n) is 16.6. The highest BCUT2D eigenvalue weighted by Gasteiger charge is 2.34. The van der Waals surface area contributed by atoms with Crippen LogP contribution in [0, 0.1) is 0 Å². The third-order valence-corrected chi connectivity index (χ3v) is 5.65. The quantitative estimate of drug-likeness (QED) is 0.862. The summed E-state index contributed by atoms with van der Waals surface area (Å²) in [6.45, 7) is 6.28. The van der Waals surface area contributed by atoms with Crippen LogP contribution in [0.2, 0.25) is 0 Å². The fourth-order valence-corrected chi connectivity index (χ4v) is 3.94. The van der Waals surface area contributed by atoms with Gasteiger partial charge in [0.1, 0.15) is 6.10 Å². The molecular weight excluding hydrogens is 352 g/mol. The molecule has 5 heteroatoms. The standard InChI is InChI=1S/C23H28N2O3/c1-16-7-5-6-14-25(16)15-18-10-12-19(13-11-18)24-23(26)22-17(2)27-20-8-3-4-9-21(20)28-22/h3-4,8-13,16-17,22H,5-7,14-15H2,1-2H3,(H,24,26). The van der Waals surface area contributed by atoms with Crippen LogP contribution in [0.15, 0.2) is 48.5 Å². The van der Waals surface area contributed by atoms with Crippen LogP contribution in [-0.4, -0.2) is 35.6 Å². The van der Waals surface area contributed by atoms with Crippen molar-refractivity contribution in [2.24, 2.45) is 0 Å². The maximum absolute atomic E-state index is 12.7. The van der Waals surface area contributed by atoms with E-state index >= 15 is 0 Å². The van der Waals surface area contributed by atoms with Crippen molar-refractivity contribution in [2.75, 3.05) is 11.9 Å². The summed E-state index contributed by atoms with van der Waals surface area (Å²) in [6.07, 6.45) is 2.86. The van der Waals surface area contributed by atoms with E-state index in [4.69, 9.17) is 9.47 Å². The molecule has 4 rings (SSSR count). The number of rotatable bonds is 4. The van der Waals surface area contributed by atoms with Gasteiger partial charge in [-0.05, 0) is 63.1 Å². The molecule has 0 spiro atoms. The molecule has 2 aliphatic rings. The predicted octanol–water partition coefficient (Wildman–Crippen LogP) is 4.23. The van der Waals surface area contributed by atoms with Crippen LogP contribution >= 0.6 is 0 Å². The SMILES string of the molecule is CC1Oc2ccccc2OC1C(=O)Nc1ccc(CN2CCCCC2C)cc1. The molecule has 1 N–H and O–H groups in total. The summed E-state index contributed by atoms with van der Waals surface area (Å²) in [5, 5.41) is 2.95. The number of carbonyl (C=O) groups is 1. The number of para-hydroxylation sites is 2. The minimum atomic E-state index is -0.677. The van der Waals surface area contributed by atoms with Gasteiger partial charge in [0, 0.05) is 18.3 Å². The lowest BCUT2D eigenvalue weighted by molar-refractivity contribution is -0.128. The molecule has 3 atom stereocenters. The maximum Gasteiger partial charge on any atom is 0.269 e. The van der Waals surface area contributed by atoms with E-state index in [9.17, 15) is 4.79 Å². The van der Waals surface area contributed by atoms with Crippen LogP contribution in [-0.2, 0) is 11.3 Å². The Labute approximate surface area is 166 Å². The van der Waals surface area contributed by atoms with Crippen molar-refractivity contribution in [3.63, 3.8) is 0 Å². The summed E-state index contributed by atoms with van der Waals surface area (Å²) in [4.78, 5) is 15.2. The summed E-state index contributed by atoms with van der Waals surface area (Å²) < 4.78 is 11.7. The lowest BCUT2D eigenvalue weighted by atomic mass is 10.0. The van der Waals surface area contributed by atoms with Gasteiger partial charge in [0.05, 0.1) is 0 Å². The lowest BCUT2D eigenvalue weighted by Gasteiger charge is -2.33. The number of likely N-dealkylation sites (tertiary alicyclic amines) is 1. The van der Waals surface area contributed by atoms with Gasteiger partial charge in [-0.25, -0.2) is 0 Å². The van der Waals surface area contributed by atoms with Gasteiger partial charge in [-0.15, -0.1) is 0 Å². The second-order valence-corrected chi connectivity index (χ2v) is 7.81. The summed E-state index contributed by atoms with van der Waals surface area (Å²) >= 11 is 0. The molecule has 0 saturated carbocycles. The van der Waals surface area contributed by atoms with Crippen LogP contribution in [0.1, 0.15) is 38.7 Å². The van der Waals surface area contributed by atoms with E-state index in [0.29, 0.717) is 17.5 Å². The molecule has 5 nitrogen and oxygen atoms in total. The highest BCUT2D eigenvalue weighted by atomic mass is 16.6. The van der Waals surface area contributed by atoms with Crippen molar-refractivity contribution in [3.05, 3.63) is 54.1 Å². The van der Waals surface area contributed by atoms with Gasteiger partial charge in [0.2, 0.25) is 6.10 Å². The Morgan fingerprint density at radius 3 is 2.46 bits per heavy atom. The first-order chi connectivity index (χ1) is 13.6. The molecule has 0 aromatic heterocycles. The first-order valence-corrected chi connectivity index (χ1v) is 10.2. The largest absolute Gasteiger partial charge is 0.482 e. The molecule has 2 aliphatic heterocycles. The Hall–Kier alpha value is -2.53. The number of anilines is 1. The number of ether oxygens (including phenoxy) is 2. The summed E-state index contributed by atoms with van der Waals surface area (Å²) in [5.74, 6) is 1.08. The van der Waals surface area contributed by atoms with E-state index in [1.165, 1.54) is 24.8 Å². The van der Waals surface area contributed by atoms with Gasteiger partial charge in [0.15, 0.2) is 11.5 Å². The van der Waals surface area contributed by atoms with E-state index in [1.54, 1.807) is 0 Å². The van der Waals surface area contributed by atoms with E-state index in [2.05, 4.69) is 29.3 Å². The minimum Gasteiger partial charge on any atom is -0.482 e. The molecule has 148 valence electrons. The van der Waals surface area contributed by atoms with Crippen LogP contribution in [0.5, 0.6) is 11.5 Å². The number of hydrogen-bond donors (Lipinski definition) is 1. The van der Waals surface area contributed by atoms with Gasteiger partial charge >= 0.3 is 0 Å². The van der Waals surface area contributed by atoms with E-state index in [1.807, 2.05) is 43.3 Å². The van der Waals surface area contributed by atoms with Crippen molar-refractivity contribution in [1.82, 2.24) is 4.90 Å². The molecule has 0 bridgehead atoms. The van der Waals surface area contributed by atoms with Crippen LogP contribution in [0.3, 0.4) is 0 Å². The van der Waals surface area contributed by atoms with Gasteiger partial charge in [0.25, 0.3) is 5.91 Å². The van der Waals surface area contributed by atoms with Crippen molar-refractivity contribution >= 4 is 11.6 Å². The minimum absolute atomic E-state index is 0.195. The molecule has 0 aliphatic carbocycles. The molecule has 2 aromatic carbocycles. The van der Waals surface area contributed by atoms with Gasteiger partial charge in [-0.3, -0.25) is 9.69 Å². The lowest BCUT2D eigenvalue weighted by Crippen LogP contribution is -2.46. The molecule has 1 fully saturated rings. The van der Waals surface area contributed by atoms with Crippen LogP contribution in [0.4, 0.5) is 5.69 Å². The summed E-state index contributed by atoms with van der Waals surface area (Å²) in [6, 6.07) is 16.2. The Balaban J connectivity index is 1.37. The van der Waals surface area contributed by atoms with Gasteiger partial charge < -0.3 is 14.8 Å². The Bertz CT molecular complexity index is 821. The molecule has 28 heavy (non-hydrogen) atoms. The first-order valence-electron chi connectivity index (χ1n) is 10.2. The second kappa shape index (κ2) is 8.23. The highest BCUT2D eigenvalue weighted by molar-refractivity contribution is 5.95. The number of nitrogens with one attached hydrogen (secondary N) is 1. The summed E-state index contributed by atoms with van der Waals surface area (Å²) in [7, 11) is 0. The fourth-order valence-electron chi connectivity index (χ4n) is 3.94. The third-order valence-electron chi connectivity index (χ3n) is 5.65. The van der Waals surface area contributed by atoms with Crippen molar-refractivity contribution in [1.29, 1.82) is 0 Å². The van der Waals surface area contributed by atoms with Crippen LogP contribution in [0.25, 0.3) is 0 Å². The van der Waals surface area contributed by atoms with E-state index in [0.717, 1.165) is 18.8 Å². The molecule has 2 heterocycles. The number of amides is 1. The molecule has 2 aromatic rings. The van der Waals surface area contributed by atoms with Crippen LogP contribution < -0.4 is 14.8 Å². The highest BCUT2D eigenvalue weighted by Crippen LogP contribution is 2.33. The average molecular weight is 380 g/mol. The molecule has 1 saturated heterocycles. The molecule has 1 amide bonds. The fraction of sp³-hybridized carbons (Fsp3) is 0.435. The van der Waals surface area contributed by atoms with E-state index in [-0.39, 0.29) is 12.0 Å². The normalized spacial score (nSPS) is 24.6. The van der Waals surface area contributed by atoms with Crippen molar-refractivity contribution in [2.45, 2.75) is 57.9 Å². The van der Waals surface area contributed by atoms with Gasteiger partial charge in [-0.1, -0.05) is 30.7 Å². The molecule has 0 radical (unpaired) electrons. The zero-order valence-corrected chi connectivity index (χ0v) is 16.6. The maximum atomic E-state index is 12.7. The van der Waals surface area contributed by atoms with E-state index < -0.39 is 6.10 Å². The Morgan fingerprint density at radius 2 is 1.75 bits per heavy atom. The number of benzene rings is 2. The Kier molecular flexibility index (Phi) is 5.53. The summed E-state index contributed by atoms with van der Waals surface area (Å²) in [5.41, 5.74) is 2.04.